The highest BCUT2D eigenvalue weighted by atomic mass is 16.4. The van der Waals surface area contributed by atoms with Gasteiger partial charge in [-0.2, -0.15) is 0 Å². The first kappa shape index (κ1) is 17.0. The van der Waals surface area contributed by atoms with E-state index in [2.05, 4.69) is 17.2 Å². The monoisotopic (exact) mass is 299 g/mol. The third kappa shape index (κ3) is 4.45. The number of hydrogen-bond donors (Lipinski definition) is 4. The van der Waals surface area contributed by atoms with Crippen molar-refractivity contribution in [1.82, 2.24) is 15.5 Å². The van der Waals surface area contributed by atoms with E-state index in [4.69, 9.17) is 10.2 Å². The average Bonchev–Trinajstić information content (AvgIpc) is 2.81. The Balaban J connectivity index is 2.90. The lowest BCUT2D eigenvalue weighted by Crippen LogP contribution is -2.56. The van der Waals surface area contributed by atoms with E-state index in [9.17, 15) is 14.4 Å². The van der Waals surface area contributed by atoms with Gasteiger partial charge in [0.2, 0.25) is 5.91 Å². The summed E-state index contributed by atoms with van der Waals surface area (Å²) in [6, 6.07) is -1.64. The number of carboxylic acids is 1. The van der Waals surface area contributed by atoms with Crippen molar-refractivity contribution in [2.75, 3.05) is 13.6 Å². The number of nitrogens with one attached hydrogen (secondary N) is 2. The van der Waals surface area contributed by atoms with Gasteiger partial charge in [0.25, 0.3) is 0 Å². The van der Waals surface area contributed by atoms with Gasteiger partial charge >= 0.3 is 12.1 Å². The second kappa shape index (κ2) is 7.07. The summed E-state index contributed by atoms with van der Waals surface area (Å²) in [7, 11) is 1.39. The first-order valence-corrected chi connectivity index (χ1v) is 6.58. The van der Waals surface area contributed by atoms with Gasteiger partial charge in [0.1, 0.15) is 6.04 Å². The fourth-order valence-electron chi connectivity index (χ4n) is 2.56. The van der Waals surface area contributed by atoms with Crippen molar-refractivity contribution in [3.63, 3.8) is 0 Å². The summed E-state index contributed by atoms with van der Waals surface area (Å²) >= 11 is 0. The summed E-state index contributed by atoms with van der Waals surface area (Å²) in [4.78, 5) is 34.4. The number of carbonyl (C=O) groups excluding carboxylic acids is 1. The molecule has 4 atom stereocenters. The van der Waals surface area contributed by atoms with E-state index in [1.54, 1.807) is 6.08 Å². The van der Waals surface area contributed by atoms with Crippen LogP contribution in [-0.2, 0) is 9.59 Å². The summed E-state index contributed by atoms with van der Waals surface area (Å²) < 4.78 is 0. The molecule has 0 saturated carbocycles. The minimum Gasteiger partial charge on any atom is -0.480 e. The molecule has 21 heavy (non-hydrogen) atoms. The number of carboxylic acid groups (broad SMARTS) is 2. The van der Waals surface area contributed by atoms with Crippen molar-refractivity contribution in [2.24, 2.45) is 5.92 Å². The molecule has 1 unspecified atom stereocenters. The van der Waals surface area contributed by atoms with Crippen LogP contribution in [0.4, 0.5) is 4.79 Å². The van der Waals surface area contributed by atoms with Gasteiger partial charge in [-0.3, -0.25) is 14.9 Å². The number of carbonyl (C=O) groups is 3. The van der Waals surface area contributed by atoms with Gasteiger partial charge in [0.05, 0.1) is 6.04 Å². The molecule has 8 heteroatoms. The zero-order chi connectivity index (χ0) is 16.2. The van der Waals surface area contributed by atoms with Crippen LogP contribution in [0.3, 0.4) is 0 Å². The van der Waals surface area contributed by atoms with Gasteiger partial charge in [-0.15, -0.1) is 6.58 Å². The predicted octanol–water partition coefficient (Wildman–Crippen LogP) is -0.282. The molecule has 1 saturated heterocycles. The lowest BCUT2D eigenvalue weighted by Gasteiger charge is -2.30. The van der Waals surface area contributed by atoms with Crippen LogP contribution >= 0.6 is 0 Å². The Bertz CT molecular complexity index is 440. The first-order chi connectivity index (χ1) is 9.76. The topological polar surface area (TPSA) is 119 Å². The molecule has 2 amide bonds. The Morgan fingerprint density at radius 2 is 2.10 bits per heavy atom. The van der Waals surface area contributed by atoms with Crippen molar-refractivity contribution >= 4 is 18.0 Å². The SMILES string of the molecule is C=C[C@@H]1C[C@H](C(=O)O)NC1[C@H](CN(C)C(=O)O)NC(C)=O. The van der Waals surface area contributed by atoms with Crippen molar-refractivity contribution in [2.45, 2.75) is 31.5 Å². The van der Waals surface area contributed by atoms with Gasteiger partial charge in [0.15, 0.2) is 0 Å². The lowest BCUT2D eigenvalue weighted by molar-refractivity contribution is -0.139. The second-order valence-electron chi connectivity index (χ2n) is 5.19. The first-order valence-electron chi connectivity index (χ1n) is 6.58. The van der Waals surface area contributed by atoms with Crippen molar-refractivity contribution < 1.29 is 24.6 Å². The van der Waals surface area contributed by atoms with Gasteiger partial charge in [-0.05, 0) is 12.3 Å². The Morgan fingerprint density at radius 1 is 1.48 bits per heavy atom. The molecule has 8 nitrogen and oxygen atoms in total. The minimum absolute atomic E-state index is 0.0588. The largest absolute Gasteiger partial charge is 0.480 e. The number of aliphatic carboxylic acids is 1. The molecule has 1 aliphatic heterocycles. The molecule has 0 aromatic rings. The van der Waals surface area contributed by atoms with Crippen LogP contribution in [0.5, 0.6) is 0 Å². The molecule has 1 aliphatic rings. The third-order valence-electron chi connectivity index (χ3n) is 3.58. The quantitative estimate of drug-likeness (QED) is 0.501. The maximum absolute atomic E-state index is 11.3. The van der Waals surface area contributed by atoms with Crippen LogP contribution < -0.4 is 10.6 Å². The van der Waals surface area contributed by atoms with Gasteiger partial charge in [-0.1, -0.05) is 6.08 Å². The molecule has 0 aromatic heterocycles. The fourth-order valence-corrected chi connectivity index (χ4v) is 2.56. The molecule has 0 radical (unpaired) electrons. The minimum atomic E-state index is -1.12. The lowest BCUT2D eigenvalue weighted by atomic mass is 9.93. The van der Waals surface area contributed by atoms with E-state index in [1.807, 2.05) is 0 Å². The van der Waals surface area contributed by atoms with E-state index >= 15 is 0 Å². The fraction of sp³-hybridized carbons (Fsp3) is 0.615. The highest BCUT2D eigenvalue weighted by molar-refractivity contribution is 5.75. The van der Waals surface area contributed by atoms with Gasteiger partial charge < -0.3 is 20.4 Å². The number of nitrogens with zero attached hydrogens (tertiary/aromatic N) is 1. The average molecular weight is 299 g/mol. The molecule has 1 heterocycles. The Labute approximate surface area is 122 Å². The Hall–Kier alpha value is -2.09. The predicted molar refractivity (Wildman–Crippen MR) is 74.9 cm³/mol. The van der Waals surface area contributed by atoms with Crippen LogP contribution in [0.25, 0.3) is 0 Å². The summed E-state index contributed by atoms with van der Waals surface area (Å²) in [5, 5.41) is 23.7. The zero-order valence-corrected chi connectivity index (χ0v) is 12.1. The smallest absolute Gasteiger partial charge is 0.407 e. The molecular weight excluding hydrogens is 278 g/mol. The third-order valence-corrected chi connectivity index (χ3v) is 3.58. The van der Waals surface area contributed by atoms with Crippen molar-refractivity contribution in [3.05, 3.63) is 12.7 Å². The van der Waals surface area contributed by atoms with E-state index in [0.29, 0.717) is 6.42 Å². The molecule has 0 aliphatic carbocycles. The van der Waals surface area contributed by atoms with Crippen molar-refractivity contribution in [1.29, 1.82) is 0 Å². The molecule has 118 valence electrons. The number of amides is 2. The Morgan fingerprint density at radius 3 is 2.52 bits per heavy atom. The second-order valence-corrected chi connectivity index (χ2v) is 5.19. The van der Waals surface area contributed by atoms with Crippen LogP contribution in [0.2, 0.25) is 0 Å². The summed E-state index contributed by atoms with van der Waals surface area (Å²) in [5.74, 6) is -1.44. The molecule has 1 fully saturated rings. The number of rotatable bonds is 6. The molecule has 0 aromatic carbocycles. The highest BCUT2D eigenvalue weighted by Gasteiger charge is 2.40. The standard InChI is InChI=1S/C13H21N3O5/c1-4-8-5-9(12(18)19)15-11(8)10(14-7(2)17)6-16(3)13(20)21/h4,8-11,15H,1,5-6H2,2-3H3,(H,14,17)(H,18,19)(H,20,21)/t8-,9-,10+,11?/m1/s1. The van der Waals surface area contributed by atoms with E-state index in [-0.39, 0.29) is 24.4 Å². The highest BCUT2D eigenvalue weighted by Crippen LogP contribution is 2.24. The normalized spacial score (nSPS) is 25.9. The van der Waals surface area contributed by atoms with E-state index in [1.165, 1.54) is 14.0 Å². The van der Waals surface area contributed by atoms with Crippen LogP contribution in [-0.4, -0.2) is 64.8 Å². The summed E-state index contributed by atoms with van der Waals surface area (Å²) in [5.41, 5.74) is 0. The molecule has 1 rings (SSSR count). The maximum Gasteiger partial charge on any atom is 0.407 e. The van der Waals surface area contributed by atoms with Gasteiger partial charge in [0, 0.05) is 26.6 Å². The molecule has 0 spiro atoms. The van der Waals surface area contributed by atoms with Gasteiger partial charge in [-0.25, -0.2) is 4.79 Å². The van der Waals surface area contributed by atoms with Crippen LogP contribution in [0.15, 0.2) is 12.7 Å². The Kier molecular flexibility index (Phi) is 5.71. The molecule has 0 bridgehead atoms. The van der Waals surface area contributed by atoms with Crippen molar-refractivity contribution in [3.8, 4) is 0 Å². The molecule has 4 N–H and O–H groups in total. The number of hydrogen-bond acceptors (Lipinski definition) is 4. The summed E-state index contributed by atoms with van der Waals surface area (Å²) in [6.45, 7) is 5.08. The molecular formula is C13H21N3O5. The van der Waals surface area contributed by atoms with Crippen LogP contribution in [0.1, 0.15) is 13.3 Å². The number of likely N-dealkylation sites (N-methyl/N-ethyl adjacent to an activating group) is 1. The zero-order valence-electron chi connectivity index (χ0n) is 12.1. The van der Waals surface area contributed by atoms with E-state index in [0.717, 1.165) is 4.90 Å². The maximum atomic E-state index is 11.3. The van der Waals surface area contributed by atoms with E-state index < -0.39 is 24.1 Å². The summed E-state index contributed by atoms with van der Waals surface area (Å²) in [6.07, 6.45) is 0.875. The van der Waals surface area contributed by atoms with Crippen LogP contribution in [0, 0.1) is 5.92 Å².